The number of fused-ring (bicyclic) bond motifs is 3. The number of benzene rings is 9. The van der Waals surface area contributed by atoms with E-state index in [4.69, 9.17) is 15.7 Å². The molecule has 3 heterocycles. The van der Waals surface area contributed by atoms with Crippen LogP contribution in [-0.4, -0.2) is 60.8 Å². The molecule has 11 nitrogen and oxygen atoms in total. The number of hydrogen-bond donors (Lipinski definition) is 4. The fourth-order valence-electron chi connectivity index (χ4n) is 10.9. The molecule has 2 amide bonds. The highest BCUT2D eigenvalue weighted by Gasteiger charge is 2.27. The van der Waals surface area contributed by atoms with Gasteiger partial charge in [-0.05, 0) is 66.7 Å². The van der Waals surface area contributed by atoms with Crippen LogP contribution in [0.1, 0.15) is 106 Å². The number of nitrogens with two attached hydrogens (primary N) is 1. The minimum Gasteiger partial charge on any atom is -0.478 e. The van der Waals surface area contributed by atoms with Crippen molar-refractivity contribution in [1.29, 1.82) is 0 Å². The summed E-state index contributed by atoms with van der Waals surface area (Å²) in [7, 11) is -1.41. The molecule has 0 aliphatic carbocycles. The number of aromatic nitrogens is 3. The van der Waals surface area contributed by atoms with E-state index in [0.717, 1.165) is 74.3 Å². The molecule has 0 spiro atoms. The number of rotatable bonds is 17. The zero-order valence-corrected chi connectivity index (χ0v) is 54.8. The highest BCUT2D eigenvalue weighted by atomic mass is 32.2. The van der Waals surface area contributed by atoms with Crippen molar-refractivity contribution in [2.75, 3.05) is 18.8 Å². The van der Waals surface area contributed by atoms with Gasteiger partial charge in [-0.1, -0.05) is 257 Å². The monoisotopic (exact) mass is 1270 g/mol. The van der Waals surface area contributed by atoms with Crippen molar-refractivity contribution in [1.82, 2.24) is 25.6 Å². The minimum atomic E-state index is -1.41. The van der Waals surface area contributed by atoms with Crippen LogP contribution in [0.5, 0.6) is 0 Å². The number of thioether (sulfide) groups is 2. The molecule has 0 aliphatic rings. The first-order valence-corrected chi connectivity index (χ1v) is 34.5. The number of aromatic carboxylic acids is 1. The van der Waals surface area contributed by atoms with E-state index in [2.05, 4.69) is 53.7 Å². The van der Waals surface area contributed by atoms with E-state index in [1.54, 1.807) is 24.1 Å². The Kier molecular flexibility index (Phi) is 23.9. The van der Waals surface area contributed by atoms with Crippen molar-refractivity contribution in [2.45, 2.75) is 72.8 Å². The van der Waals surface area contributed by atoms with Crippen molar-refractivity contribution < 1.29 is 23.7 Å². The Morgan fingerprint density at radius 3 is 1.09 bits per heavy atom. The smallest absolute Gasteiger partial charge is 0.337 e. The van der Waals surface area contributed by atoms with Gasteiger partial charge in [0.05, 0.1) is 78.1 Å². The maximum absolute atomic E-state index is 13.6. The fraction of sp³-hybridized carbons (Fsp3) is 0.154. The highest BCUT2D eigenvalue weighted by molar-refractivity contribution is 7.99. The average Bonchev–Trinajstić information content (AvgIpc) is 0.807. The van der Waals surface area contributed by atoms with Crippen LogP contribution in [-0.2, 0) is 10.8 Å². The molecule has 3 aromatic heterocycles. The number of nitrogens with one attached hydrogen (secondary N) is 2. The number of carbonyl (C=O) groups excluding carboxylic acids is 2. The zero-order valence-electron chi connectivity index (χ0n) is 52.3. The van der Waals surface area contributed by atoms with Gasteiger partial charge in [0.1, 0.15) is 0 Å². The first-order valence-electron chi connectivity index (χ1n) is 30.5. The maximum atomic E-state index is 13.6. The minimum absolute atomic E-state index is 0.0412. The van der Waals surface area contributed by atoms with Gasteiger partial charge in [-0.15, -0.1) is 23.5 Å². The lowest BCUT2D eigenvalue weighted by molar-refractivity contribution is 0.0694. The lowest BCUT2D eigenvalue weighted by Gasteiger charge is -2.20. The molecule has 12 aromatic rings. The topological polar surface area (TPSA) is 177 Å². The third-order valence-electron chi connectivity index (χ3n) is 15.5. The number of amides is 2. The predicted molar refractivity (Wildman–Crippen MR) is 382 cm³/mol. The van der Waals surface area contributed by atoms with Crippen molar-refractivity contribution in [3.8, 4) is 33.8 Å². The number of para-hydroxylation sites is 3. The number of hydrogen-bond acceptors (Lipinski definition) is 10. The standard InChI is InChI=1S/C26H24N2O2S.C26H24N2OS.C17H13NO2S.C9H13N/c1-3-21(18-12-6-4-7-13-18)28-26(29)23-20-16-10-11-17-22(20)27-24(25(23)31(2)30)19-14-8-5-9-15-19;1-3-21(18-12-6-4-7-13-18)28-26(29)23-20-16-10-11-17-22(20)27-24(25(23)30-2)19-14-8-5-9-15-19;1-21-16-14(17(19)20)12-9-5-6-10-13(12)18-15(16)11-7-3-2-4-8-11;1-2-9(10)8-6-4-3-5-7-8/h4-17,21H,3H2,1-2H3,(H,28,29);4-17,21H,3H2,1-2H3,(H,28,29);2-10H,1H3,(H,19,20);3-7,9H,2,10H2,1H3/t21-,31?;21-;;9-/m00.0/s1. The van der Waals surface area contributed by atoms with Gasteiger partial charge in [0.15, 0.2) is 0 Å². The SMILES string of the molecule is CC[C@H](N)c1ccccc1.CC[C@H](NC(=O)c1c(S(C)=O)c(-c2ccccc2)nc2ccccc12)c1ccccc1.CC[C@H](NC(=O)c1c(SC)c(-c2ccccc2)nc2ccccc12)c1ccccc1.CSc1c(-c2ccccc2)nc2ccccc2c1C(=O)O. The summed E-state index contributed by atoms with van der Waals surface area (Å²) in [6.45, 7) is 6.22. The second kappa shape index (κ2) is 33.0. The number of pyridine rings is 3. The van der Waals surface area contributed by atoms with Gasteiger partial charge in [-0.3, -0.25) is 13.8 Å². The Morgan fingerprint density at radius 1 is 0.424 bits per heavy atom. The van der Waals surface area contributed by atoms with Crippen molar-refractivity contribution in [3.05, 3.63) is 288 Å². The van der Waals surface area contributed by atoms with Gasteiger partial charge in [0, 0.05) is 54.9 Å². The van der Waals surface area contributed by atoms with Crippen molar-refractivity contribution in [2.24, 2.45) is 5.73 Å². The summed E-state index contributed by atoms with van der Waals surface area (Å²) in [6, 6.07) is 82.3. The summed E-state index contributed by atoms with van der Waals surface area (Å²) in [5.74, 6) is -1.22. The Labute approximate surface area is 549 Å². The Hall–Kier alpha value is -9.57. The molecule has 0 bridgehead atoms. The first-order chi connectivity index (χ1) is 44.9. The van der Waals surface area contributed by atoms with Gasteiger partial charge >= 0.3 is 5.97 Å². The molecule has 1 unspecified atom stereocenters. The molecule has 92 heavy (non-hydrogen) atoms. The Balaban J connectivity index is 0.000000154. The van der Waals surface area contributed by atoms with Crippen LogP contribution in [0.15, 0.2) is 269 Å². The number of carboxylic acid groups (broad SMARTS) is 1. The van der Waals surface area contributed by atoms with Crippen LogP contribution in [0.2, 0.25) is 0 Å². The molecule has 0 aliphatic heterocycles. The number of carbonyl (C=O) groups is 3. The third-order valence-corrected chi connectivity index (χ3v) is 18.1. The van der Waals surface area contributed by atoms with Crippen LogP contribution >= 0.6 is 23.5 Å². The van der Waals surface area contributed by atoms with E-state index in [1.165, 1.54) is 17.3 Å². The molecular formula is C78H74N6O5S3. The average molecular weight is 1270 g/mol. The maximum Gasteiger partial charge on any atom is 0.337 e. The molecule has 5 N–H and O–H groups in total. The van der Waals surface area contributed by atoms with Crippen molar-refractivity contribution >= 4 is 84.8 Å². The summed E-state index contributed by atoms with van der Waals surface area (Å²) in [6.07, 6.45) is 8.05. The second-order valence-electron chi connectivity index (χ2n) is 21.4. The molecule has 464 valence electrons. The quantitative estimate of drug-likeness (QED) is 0.0638. The van der Waals surface area contributed by atoms with Gasteiger partial charge in [-0.25, -0.2) is 19.7 Å². The largest absolute Gasteiger partial charge is 0.478 e. The van der Waals surface area contributed by atoms with E-state index in [1.807, 2.05) is 244 Å². The molecule has 0 saturated carbocycles. The van der Waals surface area contributed by atoms with Crippen molar-refractivity contribution in [3.63, 3.8) is 0 Å². The van der Waals surface area contributed by atoms with Crippen LogP contribution in [0.25, 0.3) is 66.5 Å². The predicted octanol–water partition coefficient (Wildman–Crippen LogP) is 18.4. The summed E-state index contributed by atoms with van der Waals surface area (Å²) >= 11 is 2.98. The first kappa shape index (κ1) is 66.8. The molecule has 0 saturated heterocycles. The van der Waals surface area contributed by atoms with Gasteiger partial charge in [0.25, 0.3) is 11.8 Å². The molecule has 0 radical (unpaired) electrons. The lowest BCUT2D eigenvalue weighted by Crippen LogP contribution is -2.29. The van der Waals surface area contributed by atoms with E-state index >= 15 is 0 Å². The van der Waals surface area contributed by atoms with Gasteiger partial charge < -0.3 is 21.5 Å². The van der Waals surface area contributed by atoms with Crippen LogP contribution in [0.4, 0.5) is 0 Å². The van der Waals surface area contributed by atoms with E-state index in [0.29, 0.717) is 54.0 Å². The van der Waals surface area contributed by atoms with Crippen LogP contribution in [0, 0.1) is 0 Å². The Bertz CT molecular complexity index is 4460. The molecular weight excluding hydrogens is 1200 g/mol. The molecule has 9 aromatic carbocycles. The number of carboxylic acids is 1. The molecule has 4 atom stereocenters. The zero-order chi connectivity index (χ0) is 64.9. The fourth-order valence-corrected chi connectivity index (χ4v) is 13.4. The summed E-state index contributed by atoms with van der Waals surface area (Å²) in [4.78, 5) is 55.4. The highest BCUT2D eigenvalue weighted by Crippen LogP contribution is 2.39. The van der Waals surface area contributed by atoms with Gasteiger partial charge in [-0.2, -0.15) is 0 Å². The molecule has 12 rings (SSSR count). The third kappa shape index (κ3) is 16.1. The lowest BCUT2D eigenvalue weighted by atomic mass is 10.0. The number of nitrogens with zero attached hydrogens (tertiary/aromatic N) is 3. The normalized spacial score (nSPS) is 12.1. The van der Waals surface area contributed by atoms with Crippen LogP contribution < -0.4 is 16.4 Å². The van der Waals surface area contributed by atoms with E-state index < -0.39 is 16.8 Å². The van der Waals surface area contributed by atoms with Crippen LogP contribution in [0.3, 0.4) is 0 Å². The summed E-state index contributed by atoms with van der Waals surface area (Å²) in [5, 5.41) is 18.3. The molecule has 0 fully saturated rings. The van der Waals surface area contributed by atoms with E-state index in [9.17, 15) is 23.7 Å². The van der Waals surface area contributed by atoms with E-state index in [-0.39, 0.29) is 29.9 Å². The summed E-state index contributed by atoms with van der Waals surface area (Å²) in [5.41, 5.74) is 17.8. The Morgan fingerprint density at radius 2 is 0.728 bits per heavy atom. The van der Waals surface area contributed by atoms with Gasteiger partial charge in [0.2, 0.25) is 0 Å². The summed E-state index contributed by atoms with van der Waals surface area (Å²) < 4.78 is 12.9. The second-order valence-corrected chi connectivity index (χ2v) is 24.4. The molecule has 14 heteroatoms.